The first kappa shape index (κ1) is 14.5. The van der Waals surface area contributed by atoms with Crippen molar-refractivity contribution in [1.82, 2.24) is 4.98 Å². The molecule has 0 unspecified atom stereocenters. The topological polar surface area (TPSA) is 77.3 Å². The van der Waals surface area contributed by atoms with Crippen molar-refractivity contribution >= 4 is 39.0 Å². The third-order valence-electron chi connectivity index (χ3n) is 2.36. The summed E-state index contributed by atoms with van der Waals surface area (Å²) in [6, 6.07) is 7.60. The summed E-state index contributed by atoms with van der Waals surface area (Å²) in [5.41, 5.74) is -0.118. The minimum absolute atomic E-state index is 0.0905. The van der Waals surface area contributed by atoms with Gasteiger partial charge in [0, 0.05) is 11.5 Å². The van der Waals surface area contributed by atoms with E-state index < -0.39 is 4.92 Å². The van der Waals surface area contributed by atoms with Gasteiger partial charge in [0.2, 0.25) is 5.88 Å². The predicted octanol–water partition coefficient (Wildman–Crippen LogP) is 4.24. The lowest BCUT2D eigenvalue weighted by Gasteiger charge is -2.08. The molecule has 0 saturated carbocycles. The van der Waals surface area contributed by atoms with E-state index in [0.717, 1.165) is 4.47 Å². The Bertz CT molecular complexity index is 666. The molecule has 6 nitrogen and oxygen atoms in total. The summed E-state index contributed by atoms with van der Waals surface area (Å²) in [5.74, 6) is 0.792. The SMILES string of the molecule is CNc1cc([N+](=O)[O-])cc(Oc2ccc(Br)cc2Cl)n1. The second-order valence-corrected chi connectivity index (χ2v) is 5.06. The molecule has 104 valence electrons. The van der Waals surface area contributed by atoms with E-state index in [-0.39, 0.29) is 11.6 Å². The van der Waals surface area contributed by atoms with Crippen LogP contribution >= 0.6 is 27.5 Å². The van der Waals surface area contributed by atoms with E-state index in [4.69, 9.17) is 16.3 Å². The van der Waals surface area contributed by atoms with Crippen LogP contribution in [-0.4, -0.2) is 17.0 Å². The van der Waals surface area contributed by atoms with Gasteiger partial charge in [-0.3, -0.25) is 10.1 Å². The van der Waals surface area contributed by atoms with Gasteiger partial charge in [-0.2, -0.15) is 4.98 Å². The van der Waals surface area contributed by atoms with Gasteiger partial charge in [-0.25, -0.2) is 0 Å². The molecule has 0 aliphatic heterocycles. The van der Waals surface area contributed by atoms with Crippen molar-refractivity contribution in [3.05, 3.63) is 49.9 Å². The maximum Gasteiger partial charge on any atom is 0.278 e. The molecule has 20 heavy (non-hydrogen) atoms. The Labute approximate surface area is 128 Å². The molecule has 0 radical (unpaired) electrons. The molecule has 8 heteroatoms. The summed E-state index contributed by atoms with van der Waals surface area (Å²) in [4.78, 5) is 14.4. The number of halogens is 2. The second kappa shape index (κ2) is 6.06. The molecule has 0 aliphatic rings. The number of ether oxygens (including phenoxy) is 1. The van der Waals surface area contributed by atoms with Gasteiger partial charge in [0.25, 0.3) is 5.69 Å². The van der Waals surface area contributed by atoms with E-state index in [0.29, 0.717) is 16.6 Å². The van der Waals surface area contributed by atoms with Crippen LogP contribution in [0.4, 0.5) is 11.5 Å². The van der Waals surface area contributed by atoms with Gasteiger partial charge >= 0.3 is 0 Å². The molecule has 0 fully saturated rings. The summed E-state index contributed by atoms with van der Waals surface area (Å²) in [7, 11) is 1.61. The number of nitro groups is 1. The number of aromatic nitrogens is 1. The fraction of sp³-hybridized carbons (Fsp3) is 0.0833. The van der Waals surface area contributed by atoms with Gasteiger partial charge in [-0.15, -0.1) is 0 Å². The summed E-state index contributed by atoms with van der Waals surface area (Å²) < 4.78 is 6.29. The highest BCUT2D eigenvalue weighted by Gasteiger charge is 2.13. The monoisotopic (exact) mass is 357 g/mol. The first-order chi connectivity index (χ1) is 9.49. The molecule has 2 aromatic rings. The van der Waals surface area contributed by atoms with E-state index in [2.05, 4.69) is 26.2 Å². The Kier molecular flexibility index (Phi) is 4.41. The fourth-order valence-corrected chi connectivity index (χ4v) is 2.16. The second-order valence-electron chi connectivity index (χ2n) is 3.73. The van der Waals surface area contributed by atoms with Crippen LogP contribution in [-0.2, 0) is 0 Å². The molecule has 0 amide bonds. The highest BCUT2D eigenvalue weighted by molar-refractivity contribution is 9.10. The smallest absolute Gasteiger partial charge is 0.278 e. The van der Waals surface area contributed by atoms with Crippen molar-refractivity contribution in [2.24, 2.45) is 0 Å². The Morgan fingerprint density at radius 2 is 2.15 bits per heavy atom. The molecule has 1 heterocycles. The van der Waals surface area contributed by atoms with Crippen molar-refractivity contribution in [2.75, 3.05) is 12.4 Å². The van der Waals surface area contributed by atoms with Crippen molar-refractivity contribution in [3.63, 3.8) is 0 Å². The van der Waals surface area contributed by atoms with Crippen LogP contribution in [0.1, 0.15) is 0 Å². The minimum atomic E-state index is -0.515. The molecular weight excluding hydrogens is 350 g/mol. The average molecular weight is 359 g/mol. The maximum absolute atomic E-state index is 10.8. The maximum atomic E-state index is 10.8. The number of benzene rings is 1. The van der Waals surface area contributed by atoms with Crippen molar-refractivity contribution in [3.8, 4) is 11.6 Å². The van der Waals surface area contributed by atoms with E-state index in [9.17, 15) is 10.1 Å². The molecule has 1 aromatic carbocycles. The first-order valence-corrected chi connectivity index (χ1v) is 6.64. The number of pyridine rings is 1. The van der Waals surface area contributed by atoms with Gasteiger partial charge in [0.1, 0.15) is 11.6 Å². The first-order valence-electron chi connectivity index (χ1n) is 5.46. The summed E-state index contributed by atoms with van der Waals surface area (Å²) in [6.45, 7) is 0. The van der Waals surface area contributed by atoms with Crippen LogP contribution in [0.25, 0.3) is 0 Å². The molecule has 0 aliphatic carbocycles. The zero-order valence-corrected chi connectivity index (χ0v) is 12.6. The van der Waals surface area contributed by atoms with Crippen LogP contribution in [0, 0.1) is 10.1 Å². The van der Waals surface area contributed by atoms with Gasteiger partial charge in [0.05, 0.1) is 22.1 Å². The van der Waals surface area contributed by atoms with Gasteiger partial charge in [-0.05, 0) is 18.2 Å². The van der Waals surface area contributed by atoms with Crippen LogP contribution in [0.3, 0.4) is 0 Å². The van der Waals surface area contributed by atoms with Gasteiger partial charge in [0.15, 0.2) is 0 Å². The molecule has 1 aromatic heterocycles. The minimum Gasteiger partial charge on any atom is -0.437 e. The Morgan fingerprint density at radius 3 is 2.75 bits per heavy atom. The van der Waals surface area contributed by atoms with E-state index in [1.54, 1.807) is 25.2 Å². The summed E-state index contributed by atoms with van der Waals surface area (Å²) in [5, 5.41) is 14.0. The number of anilines is 1. The van der Waals surface area contributed by atoms with Crippen molar-refractivity contribution in [1.29, 1.82) is 0 Å². The molecule has 1 N–H and O–H groups in total. The van der Waals surface area contributed by atoms with Crippen molar-refractivity contribution in [2.45, 2.75) is 0 Å². The zero-order valence-electron chi connectivity index (χ0n) is 10.3. The molecule has 0 bridgehead atoms. The highest BCUT2D eigenvalue weighted by Crippen LogP contribution is 2.32. The fourth-order valence-electron chi connectivity index (χ4n) is 1.45. The lowest BCUT2D eigenvalue weighted by atomic mass is 10.3. The number of rotatable bonds is 4. The standard InChI is InChI=1S/C12H9BrClN3O3/c1-15-11-5-8(17(18)19)6-12(16-11)20-10-3-2-7(13)4-9(10)14/h2-6H,1H3,(H,15,16). The lowest BCUT2D eigenvalue weighted by Crippen LogP contribution is -1.98. The normalized spacial score (nSPS) is 10.2. The quantitative estimate of drug-likeness (QED) is 0.653. The average Bonchev–Trinajstić information content (AvgIpc) is 2.41. The van der Waals surface area contributed by atoms with Crippen LogP contribution < -0.4 is 10.1 Å². The van der Waals surface area contributed by atoms with E-state index in [1.807, 2.05) is 0 Å². The van der Waals surface area contributed by atoms with Gasteiger partial charge in [-0.1, -0.05) is 27.5 Å². The zero-order chi connectivity index (χ0) is 14.7. The largest absolute Gasteiger partial charge is 0.437 e. The Balaban J connectivity index is 2.37. The molecular formula is C12H9BrClN3O3. The molecule has 0 atom stereocenters. The summed E-state index contributed by atoms with van der Waals surface area (Å²) >= 11 is 9.30. The molecule has 0 spiro atoms. The van der Waals surface area contributed by atoms with Crippen LogP contribution in [0.2, 0.25) is 5.02 Å². The summed E-state index contributed by atoms with van der Waals surface area (Å²) in [6.07, 6.45) is 0. The van der Waals surface area contributed by atoms with E-state index in [1.165, 1.54) is 12.1 Å². The molecule has 0 saturated heterocycles. The van der Waals surface area contributed by atoms with E-state index >= 15 is 0 Å². The Hall–Kier alpha value is -1.86. The Morgan fingerprint density at radius 1 is 1.40 bits per heavy atom. The van der Waals surface area contributed by atoms with Crippen LogP contribution in [0.5, 0.6) is 11.6 Å². The van der Waals surface area contributed by atoms with Crippen LogP contribution in [0.15, 0.2) is 34.8 Å². The number of hydrogen-bond acceptors (Lipinski definition) is 5. The predicted molar refractivity (Wildman–Crippen MR) is 79.7 cm³/mol. The third kappa shape index (κ3) is 3.37. The highest BCUT2D eigenvalue weighted by atomic mass is 79.9. The number of nitrogens with one attached hydrogen (secondary N) is 1. The van der Waals surface area contributed by atoms with Gasteiger partial charge < -0.3 is 10.1 Å². The van der Waals surface area contributed by atoms with Crippen molar-refractivity contribution < 1.29 is 9.66 Å². The number of hydrogen-bond donors (Lipinski definition) is 1. The third-order valence-corrected chi connectivity index (χ3v) is 3.15. The molecule has 2 rings (SSSR count). The lowest BCUT2D eigenvalue weighted by molar-refractivity contribution is -0.384. The number of nitrogens with zero attached hydrogens (tertiary/aromatic N) is 2.